The smallest absolute Gasteiger partial charge is 0.226 e. The summed E-state index contributed by atoms with van der Waals surface area (Å²) in [5.41, 5.74) is 8.53. The number of hydrogen-bond acceptors (Lipinski definition) is 4. The number of rotatable bonds is 2. The lowest BCUT2D eigenvalue weighted by atomic mass is 9.90. The van der Waals surface area contributed by atoms with E-state index >= 15 is 0 Å². The minimum atomic E-state index is 0.390. The van der Waals surface area contributed by atoms with Crippen LogP contribution in [0.5, 0.6) is 0 Å². The first-order chi connectivity index (χ1) is 7.52. The van der Waals surface area contributed by atoms with Crippen LogP contribution in [0, 0.1) is 11.8 Å². The molecular formula is C12H20N4. The van der Waals surface area contributed by atoms with E-state index < -0.39 is 0 Å². The molecule has 0 spiro atoms. The molecular weight excluding hydrogens is 200 g/mol. The Kier molecular flexibility index (Phi) is 2.74. The Hall–Kier alpha value is -1.32. The van der Waals surface area contributed by atoms with Gasteiger partial charge in [-0.2, -0.15) is 0 Å². The fourth-order valence-corrected chi connectivity index (χ4v) is 2.24. The highest BCUT2D eigenvalue weighted by atomic mass is 15.4. The summed E-state index contributed by atoms with van der Waals surface area (Å²) in [7, 11) is 0. The number of nitrogens with two attached hydrogens (primary N) is 1. The first-order valence-corrected chi connectivity index (χ1v) is 5.93. The molecule has 0 fully saturated rings. The Morgan fingerprint density at radius 2 is 1.88 bits per heavy atom. The molecule has 2 rings (SSSR count). The van der Waals surface area contributed by atoms with Crippen molar-refractivity contribution in [3.63, 3.8) is 0 Å². The molecule has 0 aliphatic carbocycles. The Morgan fingerprint density at radius 3 is 2.44 bits per heavy atom. The SMILES string of the molecule is CC(C)C1=NC2=NCCN2C(N)=C1C(C)C. The molecule has 88 valence electrons. The standard InChI is InChI=1S/C12H20N4/c1-7(2)9-10(8(3)4)15-12-14-5-6-16(12)11(9)13/h7-8H,5-6,13H2,1-4H3. The van der Waals surface area contributed by atoms with Crippen LogP contribution in [-0.2, 0) is 0 Å². The van der Waals surface area contributed by atoms with Gasteiger partial charge >= 0.3 is 0 Å². The van der Waals surface area contributed by atoms with E-state index in [1.165, 1.54) is 5.57 Å². The number of aliphatic imine (C=N–C) groups is 2. The lowest BCUT2D eigenvalue weighted by Gasteiger charge is -2.30. The van der Waals surface area contributed by atoms with E-state index in [-0.39, 0.29) is 0 Å². The highest BCUT2D eigenvalue weighted by Crippen LogP contribution is 2.26. The van der Waals surface area contributed by atoms with Gasteiger partial charge in [0.25, 0.3) is 0 Å². The maximum atomic E-state index is 6.24. The molecule has 2 N–H and O–H groups in total. The molecule has 0 atom stereocenters. The lowest BCUT2D eigenvalue weighted by Crippen LogP contribution is -2.39. The first-order valence-electron chi connectivity index (χ1n) is 5.93. The summed E-state index contributed by atoms with van der Waals surface area (Å²) in [6.45, 7) is 10.3. The Balaban J connectivity index is 2.49. The highest BCUT2D eigenvalue weighted by molar-refractivity contribution is 6.11. The maximum Gasteiger partial charge on any atom is 0.226 e. The van der Waals surface area contributed by atoms with Gasteiger partial charge < -0.3 is 5.73 Å². The second-order valence-electron chi connectivity index (χ2n) is 4.94. The molecule has 0 aromatic rings. The molecule has 2 aliphatic rings. The predicted molar refractivity (Wildman–Crippen MR) is 67.3 cm³/mol. The molecule has 16 heavy (non-hydrogen) atoms. The van der Waals surface area contributed by atoms with Crippen molar-refractivity contribution >= 4 is 11.7 Å². The van der Waals surface area contributed by atoms with E-state index in [2.05, 4.69) is 37.7 Å². The summed E-state index contributed by atoms with van der Waals surface area (Å²) < 4.78 is 0. The van der Waals surface area contributed by atoms with E-state index in [9.17, 15) is 0 Å². The van der Waals surface area contributed by atoms with Crippen LogP contribution in [0.15, 0.2) is 21.4 Å². The molecule has 0 saturated heterocycles. The molecule has 0 saturated carbocycles. The molecule has 0 bridgehead atoms. The van der Waals surface area contributed by atoms with E-state index in [0.717, 1.165) is 30.6 Å². The van der Waals surface area contributed by atoms with Crippen LogP contribution in [0.4, 0.5) is 0 Å². The second kappa shape index (κ2) is 3.92. The van der Waals surface area contributed by atoms with Crippen molar-refractivity contribution < 1.29 is 0 Å². The lowest BCUT2D eigenvalue weighted by molar-refractivity contribution is 0.526. The third-order valence-electron chi connectivity index (χ3n) is 3.01. The van der Waals surface area contributed by atoms with E-state index in [0.29, 0.717) is 11.8 Å². The van der Waals surface area contributed by atoms with Crippen molar-refractivity contribution in [2.75, 3.05) is 13.1 Å². The number of fused-ring (bicyclic) bond motifs is 1. The summed E-state index contributed by atoms with van der Waals surface area (Å²) in [5, 5.41) is 0. The molecule has 0 amide bonds. The second-order valence-corrected chi connectivity index (χ2v) is 4.94. The normalized spacial score (nSPS) is 20.5. The molecule has 4 heteroatoms. The van der Waals surface area contributed by atoms with Gasteiger partial charge in [-0.15, -0.1) is 0 Å². The maximum absolute atomic E-state index is 6.24. The van der Waals surface area contributed by atoms with Crippen LogP contribution in [0.3, 0.4) is 0 Å². The van der Waals surface area contributed by atoms with E-state index in [4.69, 9.17) is 5.73 Å². The van der Waals surface area contributed by atoms with Crippen LogP contribution in [0.25, 0.3) is 0 Å². The van der Waals surface area contributed by atoms with Gasteiger partial charge in [-0.05, 0) is 11.8 Å². The molecule has 0 radical (unpaired) electrons. The number of allylic oxidation sites excluding steroid dienone is 1. The van der Waals surface area contributed by atoms with E-state index in [1.54, 1.807) is 0 Å². The minimum Gasteiger partial charge on any atom is -0.385 e. The van der Waals surface area contributed by atoms with Crippen LogP contribution < -0.4 is 5.73 Å². The minimum absolute atomic E-state index is 0.390. The Morgan fingerprint density at radius 1 is 1.19 bits per heavy atom. The predicted octanol–water partition coefficient (Wildman–Crippen LogP) is 1.59. The molecule has 0 aromatic carbocycles. The van der Waals surface area contributed by atoms with Gasteiger partial charge in [-0.1, -0.05) is 27.7 Å². The fraction of sp³-hybridized carbons (Fsp3) is 0.667. The van der Waals surface area contributed by atoms with Gasteiger partial charge in [0.05, 0.1) is 12.3 Å². The van der Waals surface area contributed by atoms with Crippen molar-refractivity contribution in [3.05, 3.63) is 11.4 Å². The van der Waals surface area contributed by atoms with Gasteiger partial charge in [0.15, 0.2) is 0 Å². The van der Waals surface area contributed by atoms with Crippen LogP contribution in [-0.4, -0.2) is 29.7 Å². The van der Waals surface area contributed by atoms with Crippen LogP contribution in [0.2, 0.25) is 0 Å². The van der Waals surface area contributed by atoms with Gasteiger partial charge in [-0.3, -0.25) is 4.90 Å². The third-order valence-corrected chi connectivity index (χ3v) is 3.01. The highest BCUT2D eigenvalue weighted by Gasteiger charge is 2.30. The first kappa shape index (κ1) is 11.2. The Bertz CT molecular complexity index is 388. The molecule has 2 heterocycles. The summed E-state index contributed by atoms with van der Waals surface area (Å²) in [5.74, 6) is 2.44. The zero-order valence-corrected chi connectivity index (χ0v) is 10.5. The molecule has 2 aliphatic heterocycles. The van der Waals surface area contributed by atoms with Gasteiger partial charge in [0.2, 0.25) is 5.96 Å². The average Bonchev–Trinajstić information content (AvgIpc) is 2.64. The zero-order chi connectivity index (χ0) is 11.9. The van der Waals surface area contributed by atoms with Crippen molar-refractivity contribution in [2.24, 2.45) is 27.6 Å². The van der Waals surface area contributed by atoms with Crippen molar-refractivity contribution in [3.8, 4) is 0 Å². The third kappa shape index (κ3) is 1.62. The zero-order valence-electron chi connectivity index (χ0n) is 10.5. The monoisotopic (exact) mass is 220 g/mol. The van der Waals surface area contributed by atoms with Crippen molar-refractivity contribution in [1.82, 2.24) is 4.90 Å². The summed E-state index contributed by atoms with van der Waals surface area (Å²) >= 11 is 0. The largest absolute Gasteiger partial charge is 0.385 e. The van der Waals surface area contributed by atoms with Crippen molar-refractivity contribution in [2.45, 2.75) is 27.7 Å². The van der Waals surface area contributed by atoms with E-state index in [1.807, 2.05) is 4.90 Å². The summed E-state index contributed by atoms with van der Waals surface area (Å²) in [6.07, 6.45) is 0. The number of nitrogens with zero attached hydrogens (tertiary/aromatic N) is 3. The average molecular weight is 220 g/mol. The molecule has 0 aromatic heterocycles. The summed E-state index contributed by atoms with van der Waals surface area (Å²) in [6, 6.07) is 0. The number of guanidine groups is 1. The molecule has 0 unspecified atom stereocenters. The van der Waals surface area contributed by atoms with Gasteiger partial charge in [-0.25, -0.2) is 9.98 Å². The topological polar surface area (TPSA) is 54.0 Å². The number of hydrogen-bond donors (Lipinski definition) is 1. The van der Waals surface area contributed by atoms with Crippen LogP contribution in [0.1, 0.15) is 27.7 Å². The fourth-order valence-electron chi connectivity index (χ4n) is 2.24. The Labute approximate surface area is 96.9 Å². The molecule has 4 nitrogen and oxygen atoms in total. The van der Waals surface area contributed by atoms with Gasteiger partial charge in [0.1, 0.15) is 5.82 Å². The quantitative estimate of drug-likeness (QED) is 0.768. The van der Waals surface area contributed by atoms with Crippen LogP contribution >= 0.6 is 0 Å². The van der Waals surface area contributed by atoms with Gasteiger partial charge in [0, 0.05) is 12.1 Å². The summed E-state index contributed by atoms with van der Waals surface area (Å²) in [4.78, 5) is 11.1. The van der Waals surface area contributed by atoms with Crippen molar-refractivity contribution in [1.29, 1.82) is 0 Å².